The molecule has 1 unspecified atom stereocenters. The third kappa shape index (κ3) is 5.19. The lowest BCUT2D eigenvalue weighted by atomic mass is 9.97. The molecule has 1 saturated heterocycles. The molecule has 6 nitrogen and oxygen atoms in total. The van der Waals surface area contributed by atoms with E-state index in [4.69, 9.17) is 4.74 Å². The highest BCUT2D eigenvalue weighted by molar-refractivity contribution is 5.94. The molecule has 2 aromatic carbocycles. The van der Waals surface area contributed by atoms with E-state index in [9.17, 15) is 14.4 Å². The predicted molar refractivity (Wildman–Crippen MR) is 106 cm³/mol. The van der Waals surface area contributed by atoms with Gasteiger partial charge < -0.3 is 15.0 Å². The maximum atomic E-state index is 12.5. The van der Waals surface area contributed by atoms with Gasteiger partial charge in [-0.2, -0.15) is 0 Å². The Hall–Kier alpha value is -3.15. The van der Waals surface area contributed by atoms with Crippen molar-refractivity contribution in [3.05, 3.63) is 60.2 Å². The highest BCUT2D eigenvalue weighted by atomic mass is 16.5. The van der Waals surface area contributed by atoms with Gasteiger partial charge in [-0.1, -0.05) is 30.3 Å². The van der Waals surface area contributed by atoms with Crippen LogP contribution in [0, 0.1) is 5.92 Å². The highest BCUT2D eigenvalue weighted by Gasteiger charge is 2.28. The van der Waals surface area contributed by atoms with Crippen LogP contribution < -0.4 is 10.1 Å². The normalized spacial score (nSPS) is 16.3. The Bertz CT molecular complexity index is 851. The number of anilines is 1. The van der Waals surface area contributed by atoms with Crippen LogP contribution in [0.4, 0.5) is 5.69 Å². The number of likely N-dealkylation sites (tertiary alicyclic amines) is 1. The molecular formula is C22H24N2O4. The fourth-order valence-corrected chi connectivity index (χ4v) is 3.22. The molecule has 2 amide bonds. The van der Waals surface area contributed by atoms with Crippen LogP contribution in [0.1, 0.15) is 30.1 Å². The molecule has 0 spiro atoms. The summed E-state index contributed by atoms with van der Waals surface area (Å²) < 4.78 is 5.56. The average Bonchev–Trinajstić information content (AvgIpc) is 2.73. The van der Waals surface area contributed by atoms with Crippen LogP contribution in [-0.2, 0) is 9.59 Å². The van der Waals surface area contributed by atoms with E-state index >= 15 is 0 Å². The molecule has 1 atom stereocenters. The van der Waals surface area contributed by atoms with Crippen molar-refractivity contribution < 1.29 is 19.1 Å². The van der Waals surface area contributed by atoms with Gasteiger partial charge in [0.1, 0.15) is 5.75 Å². The lowest BCUT2D eigenvalue weighted by Gasteiger charge is -2.32. The lowest BCUT2D eigenvalue weighted by molar-refractivity contribution is -0.136. The van der Waals surface area contributed by atoms with Gasteiger partial charge >= 0.3 is 0 Å². The van der Waals surface area contributed by atoms with E-state index in [0.717, 1.165) is 18.5 Å². The molecule has 1 aliphatic rings. The molecule has 0 aromatic heterocycles. The molecule has 146 valence electrons. The number of nitrogens with zero attached hydrogens (tertiary/aromatic N) is 1. The second-order valence-electron chi connectivity index (χ2n) is 6.91. The summed E-state index contributed by atoms with van der Waals surface area (Å²) in [6.07, 6.45) is 1.53. The molecule has 0 bridgehead atoms. The molecule has 28 heavy (non-hydrogen) atoms. The van der Waals surface area contributed by atoms with Gasteiger partial charge in [-0.15, -0.1) is 0 Å². The van der Waals surface area contributed by atoms with Crippen molar-refractivity contribution in [2.75, 3.05) is 25.0 Å². The molecule has 3 rings (SSSR count). The van der Waals surface area contributed by atoms with Gasteiger partial charge in [0.05, 0.1) is 5.92 Å². The monoisotopic (exact) mass is 380 g/mol. The Labute approximate surface area is 164 Å². The minimum absolute atomic E-state index is 0.0555. The Kier molecular flexibility index (Phi) is 6.42. The number of Topliss-reactive ketones (excluding diaryl/α,β-unsaturated/α-hetero) is 1. The van der Waals surface area contributed by atoms with E-state index in [1.165, 1.54) is 6.92 Å². The molecule has 1 aliphatic heterocycles. The number of ether oxygens (including phenoxy) is 1. The Balaban J connectivity index is 1.53. The van der Waals surface area contributed by atoms with Crippen LogP contribution in [0.25, 0.3) is 0 Å². The number of carbonyl (C=O) groups excluding carboxylic acids is 3. The zero-order valence-electron chi connectivity index (χ0n) is 15.9. The number of piperidine rings is 1. The third-order valence-electron chi connectivity index (χ3n) is 4.79. The standard InChI is InChI=1S/C22H24N2O4/c1-16(25)17-7-5-11-20(13-17)28-15-21(26)24-12-6-8-18(14-24)22(27)23-19-9-3-2-4-10-19/h2-5,7,9-11,13,18H,6,8,12,14-15H2,1H3,(H,23,27). The van der Waals surface area contributed by atoms with Crippen molar-refractivity contribution in [3.63, 3.8) is 0 Å². The first-order valence-corrected chi connectivity index (χ1v) is 9.40. The SMILES string of the molecule is CC(=O)c1cccc(OCC(=O)N2CCCC(C(=O)Nc3ccccc3)C2)c1. The summed E-state index contributed by atoms with van der Waals surface area (Å²) in [7, 11) is 0. The molecule has 0 saturated carbocycles. The first kappa shape index (κ1) is 19.6. The topological polar surface area (TPSA) is 75.7 Å². The van der Waals surface area contributed by atoms with Gasteiger partial charge in [0.15, 0.2) is 12.4 Å². The molecule has 6 heteroatoms. The average molecular weight is 380 g/mol. The van der Waals surface area contributed by atoms with Crippen LogP contribution in [0.3, 0.4) is 0 Å². The number of hydrogen-bond donors (Lipinski definition) is 1. The van der Waals surface area contributed by atoms with E-state index in [0.29, 0.717) is 24.4 Å². The molecule has 1 N–H and O–H groups in total. The van der Waals surface area contributed by atoms with E-state index in [1.807, 2.05) is 30.3 Å². The van der Waals surface area contributed by atoms with E-state index in [-0.39, 0.29) is 30.1 Å². The summed E-state index contributed by atoms with van der Waals surface area (Å²) in [4.78, 5) is 38.1. The Morgan fingerprint density at radius 2 is 1.89 bits per heavy atom. The first-order chi connectivity index (χ1) is 13.5. The second-order valence-corrected chi connectivity index (χ2v) is 6.91. The van der Waals surface area contributed by atoms with Crippen molar-refractivity contribution in [2.24, 2.45) is 5.92 Å². The number of rotatable bonds is 6. The fourth-order valence-electron chi connectivity index (χ4n) is 3.22. The highest BCUT2D eigenvalue weighted by Crippen LogP contribution is 2.20. The molecule has 1 heterocycles. The summed E-state index contributed by atoms with van der Waals surface area (Å²) in [5.74, 6) is -0.0420. The van der Waals surface area contributed by atoms with Crippen molar-refractivity contribution >= 4 is 23.3 Å². The molecule has 1 fully saturated rings. The van der Waals surface area contributed by atoms with Crippen LogP contribution in [-0.4, -0.2) is 42.2 Å². The lowest BCUT2D eigenvalue weighted by Crippen LogP contribution is -2.45. The maximum absolute atomic E-state index is 12.5. The van der Waals surface area contributed by atoms with Gasteiger partial charge in [0.2, 0.25) is 5.91 Å². The fraction of sp³-hybridized carbons (Fsp3) is 0.318. The second kappa shape index (κ2) is 9.17. The number of para-hydroxylation sites is 1. The number of benzene rings is 2. The summed E-state index contributed by atoms with van der Waals surface area (Å²) >= 11 is 0. The van der Waals surface area contributed by atoms with Crippen LogP contribution in [0.5, 0.6) is 5.75 Å². The Morgan fingerprint density at radius 1 is 1.11 bits per heavy atom. The number of nitrogens with one attached hydrogen (secondary N) is 1. The summed E-state index contributed by atoms with van der Waals surface area (Å²) in [6.45, 7) is 2.37. The van der Waals surface area contributed by atoms with Crippen LogP contribution >= 0.6 is 0 Å². The zero-order valence-corrected chi connectivity index (χ0v) is 15.9. The smallest absolute Gasteiger partial charge is 0.260 e. The Morgan fingerprint density at radius 3 is 2.64 bits per heavy atom. The summed E-state index contributed by atoms with van der Waals surface area (Å²) in [5.41, 5.74) is 1.30. The van der Waals surface area contributed by atoms with Gasteiger partial charge in [0.25, 0.3) is 5.91 Å². The number of ketones is 1. The molecule has 0 radical (unpaired) electrons. The van der Waals surface area contributed by atoms with Gasteiger partial charge in [-0.25, -0.2) is 0 Å². The van der Waals surface area contributed by atoms with Crippen molar-refractivity contribution in [2.45, 2.75) is 19.8 Å². The van der Waals surface area contributed by atoms with E-state index in [2.05, 4.69) is 5.32 Å². The largest absolute Gasteiger partial charge is 0.484 e. The first-order valence-electron chi connectivity index (χ1n) is 9.40. The minimum atomic E-state index is -0.237. The predicted octanol–water partition coefficient (Wildman–Crippen LogP) is 3.15. The molecular weight excluding hydrogens is 356 g/mol. The van der Waals surface area contributed by atoms with Gasteiger partial charge in [-0.3, -0.25) is 14.4 Å². The summed E-state index contributed by atoms with van der Waals surface area (Å²) in [6, 6.07) is 16.1. The summed E-state index contributed by atoms with van der Waals surface area (Å²) in [5, 5.41) is 2.91. The van der Waals surface area contributed by atoms with E-state index in [1.54, 1.807) is 29.2 Å². The van der Waals surface area contributed by atoms with Gasteiger partial charge in [0, 0.05) is 24.3 Å². The number of hydrogen-bond acceptors (Lipinski definition) is 4. The number of amides is 2. The van der Waals surface area contributed by atoms with Crippen molar-refractivity contribution in [1.82, 2.24) is 4.90 Å². The quantitative estimate of drug-likeness (QED) is 0.781. The number of carbonyl (C=O) groups is 3. The van der Waals surface area contributed by atoms with Crippen molar-refractivity contribution in [1.29, 1.82) is 0 Å². The third-order valence-corrected chi connectivity index (χ3v) is 4.79. The van der Waals surface area contributed by atoms with Gasteiger partial charge in [-0.05, 0) is 44.0 Å². The van der Waals surface area contributed by atoms with Crippen LogP contribution in [0.15, 0.2) is 54.6 Å². The van der Waals surface area contributed by atoms with Crippen LogP contribution in [0.2, 0.25) is 0 Å². The maximum Gasteiger partial charge on any atom is 0.260 e. The van der Waals surface area contributed by atoms with Crippen molar-refractivity contribution in [3.8, 4) is 5.75 Å². The molecule has 2 aromatic rings. The van der Waals surface area contributed by atoms with E-state index < -0.39 is 0 Å². The molecule has 0 aliphatic carbocycles. The zero-order chi connectivity index (χ0) is 19.9. The minimum Gasteiger partial charge on any atom is -0.484 e.